The third kappa shape index (κ3) is 6.95. The van der Waals surface area contributed by atoms with Gasteiger partial charge in [-0.25, -0.2) is 4.72 Å². The normalized spacial score (nSPS) is 17.6. The molecule has 1 atom stereocenters. The van der Waals surface area contributed by atoms with Crippen LogP contribution in [0, 0.1) is 0 Å². The largest absolute Gasteiger partial charge is 0.490 e. The number of amides is 1. The number of hydrogen-bond acceptors (Lipinski definition) is 8. The molecule has 2 N–H and O–H groups in total. The SMILES string of the molecule is CNCCO[C@@H]1COc2ccccc2-c2c(C3CCCCC3)c3ccc(C(=O)NS(=O)(=O)N(C)CC(OC)OC)cc3n2C1. The van der Waals surface area contributed by atoms with Crippen molar-refractivity contribution in [2.45, 2.75) is 57.0 Å². The molecule has 1 aliphatic heterocycles. The molecule has 1 amide bonds. The molecule has 1 saturated carbocycles. The van der Waals surface area contributed by atoms with Gasteiger partial charge in [0.15, 0.2) is 6.29 Å². The molecule has 0 bridgehead atoms. The first kappa shape index (κ1) is 32.4. The smallest absolute Gasteiger partial charge is 0.303 e. The summed E-state index contributed by atoms with van der Waals surface area (Å²) in [6.45, 7) is 2.07. The Hall–Kier alpha value is -3.00. The van der Waals surface area contributed by atoms with Gasteiger partial charge in [-0.15, -0.1) is 0 Å². The Kier molecular flexibility index (Phi) is 10.6. The van der Waals surface area contributed by atoms with Crippen LogP contribution in [0.15, 0.2) is 42.5 Å². The van der Waals surface area contributed by atoms with E-state index in [2.05, 4.69) is 20.7 Å². The number of para-hydroxylation sites is 1. The van der Waals surface area contributed by atoms with E-state index in [0.717, 1.165) is 45.1 Å². The molecule has 240 valence electrons. The van der Waals surface area contributed by atoms with Crippen molar-refractivity contribution in [2.75, 3.05) is 54.6 Å². The lowest BCUT2D eigenvalue weighted by molar-refractivity contribution is -0.106. The summed E-state index contributed by atoms with van der Waals surface area (Å²) in [5.41, 5.74) is 4.48. The van der Waals surface area contributed by atoms with Gasteiger partial charge in [-0.05, 0) is 55.6 Å². The van der Waals surface area contributed by atoms with Crippen molar-refractivity contribution < 1.29 is 32.2 Å². The van der Waals surface area contributed by atoms with Crippen molar-refractivity contribution in [2.24, 2.45) is 0 Å². The van der Waals surface area contributed by atoms with Crippen LogP contribution >= 0.6 is 0 Å². The summed E-state index contributed by atoms with van der Waals surface area (Å²) in [6, 6.07) is 13.6. The van der Waals surface area contributed by atoms with Crippen LogP contribution in [-0.4, -0.2) is 90.2 Å². The van der Waals surface area contributed by atoms with E-state index in [1.165, 1.54) is 46.1 Å². The van der Waals surface area contributed by atoms with E-state index in [4.69, 9.17) is 18.9 Å². The fourth-order valence-corrected chi connectivity index (χ4v) is 7.09. The highest BCUT2D eigenvalue weighted by Crippen LogP contribution is 2.47. The summed E-state index contributed by atoms with van der Waals surface area (Å²) in [6.07, 6.45) is 4.76. The van der Waals surface area contributed by atoms with Crippen molar-refractivity contribution in [3.05, 3.63) is 53.6 Å². The molecule has 5 rings (SSSR count). The summed E-state index contributed by atoms with van der Waals surface area (Å²) < 4.78 is 54.4. The Morgan fingerprint density at radius 3 is 2.59 bits per heavy atom. The van der Waals surface area contributed by atoms with Crippen molar-refractivity contribution in [3.63, 3.8) is 0 Å². The number of methoxy groups -OCH3 is 2. The topological polar surface area (TPSA) is 120 Å². The number of nitrogens with one attached hydrogen (secondary N) is 2. The summed E-state index contributed by atoms with van der Waals surface area (Å²) in [5.74, 6) is 0.450. The van der Waals surface area contributed by atoms with E-state index in [-0.39, 0.29) is 18.2 Å². The maximum atomic E-state index is 13.4. The highest BCUT2D eigenvalue weighted by atomic mass is 32.2. The first-order chi connectivity index (χ1) is 21.3. The van der Waals surface area contributed by atoms with Gasteiger partial charge in [-0.1, -0.05) is 37.5 Å². The number of ether oxygens (including phenoxy) is 4. The number of nitrogens with zero attached hydrogens (tertiary/aromatic N) is 2. The Labute approximate surface area is 260 Å². The number of rotatable bonds is 12. The number of hydrogen-bond donors (Lipinski definition) is 2. The van der Waals surface area contributed by atoms with Crippen molar-refractivity contribution in [1.29, 1.82) is 0 Å². The molecule has 0 radical (unpaired) electrons. The molecule has 0 spiro atoms. The van der Waals surface area contributed by atoms with Gasteiger partial charge in [0.05, 0.1) is 25.4 Å². The average Bonchev–Trinajstić information content (AvgIpc) is 3.34. The highest BCUT2D eigenvalue weighted by Gasteiger charge is 2.31. The number of aromatic nitrogens is 1. The standard InChI is InChI=1S/C32H44N4O7S/c1-33-16-17-42-24-19-36-27-18-23(32(37)34-44(38,39)35(2)20-29(40-3)41-4)14-15-25(27)30(22-10-6-5-7-11-22)31(36)26-12-8-9-13-28(26)43-21-24/h8-9,12-15,18,22,24,29,33H,5-7,10-11,16-17,19-21H2,1-4H3,(H,34,37)/t24-/m0/s1. The molecule has 12 heteroatoms. The van der Waals surface area contributed by atoms with E-state index in [1.54, 1.807) is 12.1 Å². The predicted molar refractivity (Wildman–Crippen MR) is 169 cm³/mol. The summed E-state index contributed by atoms with van der Waals surface area (Å²) in [5, 5.41) is 4.19. The fraction of sp³-hybridized carbons (Fsp3) is 0.531. The van der Waals surface area contributed by atoms with Crippen LogP contribution in [-0.2, 0) is 31.0 Å². The van der Waals surface area contributed by atoms with Crippen LogP contribution in [0.2, 0.25) is 0 Å². The van der Waals surface area contributed by atoms with Crippen LogP contribution in [0.4, 0.5) is 0 Å². The lowest BCUT2D eigenvalue weighted by Gasteiger charge is -2.28. The molecular weight excluding hydrogens is 584 g/mol. The third-order valence-corrected chi connectivity index (χ3v) is 10.0. The quantitative estimate of drug-likeness (QED) is 0.229. The van der Waals surface area contributed by atoms with Crippen LogP contribution < -0.4 is 14.8 Å². The van der Waals surface area contributed by atoms with Crippen molar-refractivity contribution in [1.82, 2.24) is 18.9 Å². The Balaban J connectivity index is 1.59. The second kappa shape index (κ2) is 14.4. The number of carbonyl (C=O) groups is 1. The van der Waals surface area contributed by atoms with Crippen molar-refractivity contribution >= 4 is 27.0 Å². The van der Waals surface area contributed by atoms with Gasteiger partial charge in [-0.2, -0.15) is 12.7 Å². The fourth-order valence-electron chi connectivity index (χ4n) is 6.27. The molecule has 1 aliphatic carbocycles. The van der Waals surface area contributed by atoms with Gasteiger partial charge in [0.25, 0.3) is 5.91 Å². The van der Waals surface area contributed by atoms with Gasteiger partial charge < -0.3 is 28.8 Å². The Morgan fingerprint density at radius 1 is 1.11 bits per heavy atom. The van der Waals surface area contributed by atoms with Crippen LogP contribution in [0.5, 0.6) is 5.75 Å². The molecule has 2 heterocycles. The first-order valence-corrected chi connectivity index (χ1v) is 16.7. The van der Waals surface area contributed by atoms with Gasteiger partial charge >= 0.3 is 10.2 Å². The molecule has 3 aromatic rings. The molecule has 2 aromatic carbocycles. The summed E-state index contributed by atoms with van der Waals surface area (Å²) in [4.78, 5) is 13.4. The zero-order valence-corrected chi connectivity index (χ0v) is 26.8. The monoisotopic (exact) mass is 628 g/mol. The summed E-state index contributed by atoms with van der Waals surface area (Å²) in [7, 11) is 1.95. The molecule has 1 aromatic heterocycles. The Morgan fingerprint density at radius 2 is 1.86 bits per heavy atom. The molecular formula is C32H44N4O7S. The van der Waals surface area contributed by atoms with Gasteiger partial charge in [0.1, 0.15) is 18.5 Å². The minimum atomic E-state index is -4.15. The maximum Gasteiger partial charge on any atom is 0.303 e. The number of benzene rings is 2. The molecule has 11 nitrogen and oxygen atoms in total. The van der Waals surface area contributed by atoms with E-state index in [0.29, 0.717) is 32.2 Å². The second-order valence-electron chi connectivity index (χ2n) is 11.5. The average molecular weight is 629 g/mol. The molecule has 0 saturated heterocycles. The first-order valence-electron chi connectivity index (χ1n) is 15.3. The number of fused-ring (bicyclic) bond motifs is 5. The molecule has 1 fully saturated rings. The summed E-state index contributed by atoms with van der Waals surface area (Å²) >= 11 is 0. The highest BCUT2D eigenvalue weighted by molar-refractivity contribution is 7.87. The van der Waals surface area contributed by atoms with Gasteiger partial charge in [-0.3, -0.25) is 4.79 Å². The van der Waals surface area contributed by atoms with Gasteiger partial charge in [0, 0.05) is 49.8 Å². The van der Waals surface area contributed by atoms with E-state index in [9.17, 15) is 13.2 Å². The second-order valence-corrected chi connectivity index (χ2v) is 13.2. The molecule has 2 aliphatic rings. The lowest BCUT2D eigenvalue weighted by Crippen LogP contribution is -2.45. The maximum absolute atomic E-state index is 13.4. The zero-order valence-electron chi connectivity index (χ0n) is 26.0. The minimum absolute atomic E-state index is 0.0813. The van der Waals surface area contributed by atoms with E-state index < -0.39 is 22.4 Å². The van der Waals surface area contributed by atoms with E-state index in [1.807, 2.05) is 31.3 Å². The zero-order chi connectivity index (χ0) is 31.3. The van der Waals surface area contributed by atoms with Crippen LogP contribution in [0.1, 0.15) is 53.9 Å². The molecule has 44 heavy (non-hydrogen) atoms. The van der Waals surface area contributed by atoms with Crippen molar-refractivity contribution in [3.8, 4) is 17.0 Å². The lowest BCUT2D eigenvalue weighted by atomic mass is 9.81. The predicted octanol–water partition coefficient (Wildman–Crippen LogP) is 3.88. The number of carbonyl (C=O) groups excluding carboxylic acids is 1. The van der Waals surface area contributed by atoms with Crippen LogP contribution in [0.3, 0.4) is 0 Å². The minimum Gasteiger partial charge on any atom is -0.490 e. The van der Waals surface area contributed by atoms with E-state index >= 15 is 0 Å². The Bertz CT molecular complexity index is 1550. The number of likely N-dealkylation sites (N-methyl/N-ethyl adjacent to an activating group) is 2. The van der Waals surface area contributed by atoms with Gasteiger partial charge in [0.2, 0.25) is 0 Å². The third-order valence-electron chi connectivity index (χ3n) is 8.60. The van der Waals surface area contributed by atoms with Crippen LogP contribution in [0.25, 0.3) is 22.2 Å². The molecule has 0 unspecified atom stereocenters.